The number of rotatable bonds is 9. The highest BCUT2D eigenvalue weighted by atomic mass is 16.5. The van der Waals surface area contributed by atoms with Gasteiger partial charge in [-0.05, 0) is 36.2 Å². The molecule has 2 aromatic carbocycles. The van der Waals surface area contributed by atoms with E-state index in [0.29, 0.717) is 17.5 Å². The first-order valence-corrected chi connectivity index (χ1v) is 10.6. The summed E-state index contributed by atoms with van der Waals surface area (Å²) in [5.74, 6) is 0.313. The van der Waals surface area contributed by atoms with E-state index in [1.807, 2.05) is 42.6 Å². The van der Waals surface area contributed by atoms with Crippen molar-refractivity contribution in [3.8, 4) is 5.75 Å². The van der Waals surface area contributed by atoms with Crippen LogP contribution in [-0.4, -0.2) is 28.7 Å². The number of ether oxygens (including phenoxy) is 2. The average molecular weight is 444 g/mol. The van der Waals surface area contributed by atoms with Crippen molar-refractivity contribution in [2.24, 2.45) is 5.73 Å². The van der Waals surface area contributed by atoms with Crippen molar-refractivity contribution < 1.29 is 19.1 Å². The number of pyridine rings is 1. The van der Waals surface area contributed by atoms with E-state index in [2.05, 4.69) is 9.88 Å². The van der Waals surface area contributed by atoms with E-state index >= 15 is 0 Å². The zero-order chi connectivity index (χ0) is 23.2. The number of amides is 1. The molecular formula is C26H25N3O4. The van der Waals surface area contributed by atoms with E-state index < -0.39 is 6.23 Å². The first kappa shape index (κ1) is 22.1. The zero-order valence-electron chi connectivity index (χ0n) is 18.3. The van der Waals surface area contributed by atoms with Crippen molar-refractivity contribution in [1.29, 1.82) is 0 Å². The van der Waals surface area contributed by atoms with Crippen LogP contribution in [0, 0.1) is 0 Å². The normalized spacial score (nSPS) is 15.7. The van der Waals surface area contributed by atoms with E-state index in [1.54, 1.807) is 50.0 Å². The average Bonchev–Trinajstić information content (AvgIpc) is 3.34. The van der Waals surface area contributed by atoms with Gasteiger partial charge in [-0.1, -0.05) is 36.4 Å². The fourth-order valence-electron chi connectivity index (χ4n) is 3.90. The molecule has 2 unspecified atom stereocenters. The summed E-state index contributed by atoms with van der Waals surface area (Å²) in [5, 5.41) is 0. The predicted molar refractivity (Wildman–Crippen MR) is 123 cm³/mol. The predicted octanol–water partition coefficient (Wildman–Crippen LogP) is 4.13. The fraction of sp³-hybridized carbons (Fsp3) is 0.192. The van der Waals surface area contributed by atoms with E-state index in [9.17, 15) is 9.59 Å². The van der Waals surface area contributed by atoms with Crippen LogP contribution < -0.4 is 10.5 Å². The highest BCUT2D eigenvalue weighted by Crippen LogP contribution is 2.38. The van der Waals surface area contributed by atoms with Gasteiger partial charge in [0, 0.05) is 41.7 Å². The first-order valence-electron chi connectivity index (χ1n) is 10.6. The van der Waals surface area contributed by atoms with Gasteiger partial charge in [0.05, 0.1) is 13.2 Å². The molecule has 7 heteroatoms. The van der Waals surface area contributed by atoms with Crippen LogP contribution in [0.2, 0.25) is 0 Å². The molecule has 7 nitrogen and oxygen atoms in total. The van der Waals surface area contributed by atoms with Gasteiger partial charge in [-0.25, -0.2) is 0 Å². The van der Waals surface area contributed by atoms with Crippen molar-refractivity contribution in [2.75, 3.05) is 7.11 Å². The van der Waals surface area contributed by atoms with Gasteiger partial charge in [-0.2, -0.15) is 0 Å². The van der Waals surface area contributed by atoms with E-state index in [4.69, 9.17) is 15.2 Å². The topological polar surface area (TPSA) is 94.8 Å². The Kier molecular flexibility index (Phi) is 6.69. The number of nitrogens with zero attached hydrogens (tertiary/aromatic N) is 2. The Bertz CT molecular complexity index is 1130. The molecule has 1 amide bonds. The van der Waals surface area contributed by atoms with E-state index in [1.165, 1.54) is 0 Å². The van der Waals surface area contributed by atoms with E-state index in [0.717, 1.165) is 16.9 Å². The van der Waals surface area contributed by atoms with Crippen molar-refractivity contribution in [3.05, 3.63) is 108 Å². The summed E-state index contributed by atoms with van der Waals surface area (Å²) in [6.07, 6.45) is 7.08. The van der Waals surface area contributed by atoms with Crippen molar-refractivity contribution in [3.63, 3.8) is 0 Å². The Hall–Kier alpha value is -4.13. The summed E-state index contributed by atoms with van der Waals surface area (Å²) in [4.78, 5) is 30.3. The van der Waals surface area contributed by atoms with Crippen LogP contribution >= 0.6 is 0 Å². The maximum atomic E-state index is 12.7. The maximum Gasteiger partial charge on any atom is 0.217 e. The number of hydrogen-bond donors (Lipinski definition) is 1. The Morgan fingerprint density at radius 1 is 1.09 bits per heavy atom. The highest BCUT2D eigenvalue weighted by molar-refractivity contribution is 6.08. The van der Waals surface area contributed by atoms with Crippen LogP contribution in [0.1, 0.15) is 52.2 Å². The third kappa shape index (κ3) is 5.03. The summed E-state index contributed by atoms with van der Waals surface area (Å²) >= 11 is 0. The van der Waals surface area contributed by atoms with Gasteiger partial charge in [0.2, 0.25) is 5.91 Å². The van der Waals surface area contributed by atoms with Crippen molar-refractivity contribution >= 4 is 11.7 Å². The molecule has 0 aliphatic carbocycles. The van der Waals surface area contributed by atoms with Crippen LogP contribution in [0.15, 0.2) is 85.5 Å². The molecule has 2 heterocycles. The van der Waals surface area contributed by atoms with Gasteiger partial charge in [0.15, 0.2) is 12.0 Å². The number of ketones is 1. The van der Waals surface area contributed by atoms with Gasteiger partial charge >= 0.3 is 0 Å². The van der Waals surface area contributed by atoms with Gasteiger partial charge < -0.3 is 20.1 Å². The van der Waals surface area contributed by atoms with Gasteiger partial charge in [-0.3, -0.25) is 14.6 Å². The number of hydrogen-bond acceptors (Lipinski definition) is 6. The smallest absolute Gasteiger partial charge is 0.217 e. The molecule has 1 aliphatic heterocycles. The van der Waals surface area contributed by atoms with Crippen LogP contribution in [0.4, 0.5) is 0 Å². The minimum atomic E-state index is -0.396. The Morgan fingerprint density at radius 3 is 2.48 bits per heavy atom. The number of methoxy groups -OCH3 is 1. The summed E-state index contributed by atoms with van der Waals surface area (Å²) in [7, 11) is 1.62. The molecule has 33 heavy (non-hydrogen) atoms. The fourth-order valence-corrected chi connectivity index (χ4v) is 3.90. The minimum absolute atomic E-state index is 0.0884. The number of nitrogens with two attached hydrogens (primary N) is 1. The molecule has 0 spiro atoms. The second-order valence-electron chi connectivity index (χ2n) is 7.71. The molecule has 2 atom stereocenters. The molecule has 0 radical (unpaired) electrons. The standard InChI is InChI=1S/C26H25N3O4/c1-32-22-10-8-18(9-11-22)23(12-13-24(27)30)29-15-16-33-26(29)20-6-4-19(5-7-20)25(31)21-3-2-14-28-17-21/h2-11,14-17,23,26H,12-13H2,1H3,(H2,27,30). The minimum Gasteiger partial charge on any atom is -0.497 e. The summed E-state index contributed by atoms with van der Waals surface area (Å²) in [6.45, 7) is 0. The number of aromatic nitrogens is 1. The van der Waals surface area contributed by atoms with Gasteiger partial charge in [-0.15, -0.1) is 0 Å². The highest BCUT2D eigenvalue weighted by Gasteiger charge is 2.30. The second-order valence-corrected chi connectivity index (χ2v) is 7.71. The molecule has 0 fully saturated rings. The molecule has 1 aliphatic rings. The Balaban J connectivity index is 1.57. The molecular weight excluding hydrogens is 418 g/mol. The quantitative estimate of drug-likeness (QED) is 0.500. The number of carbonyl (C=O) groups excluding carboxylic acids is 2. The lowest BCUT2D eigenvalue weighted by Crippen LogP contribution is -2.27. The van der Waals surface area contributed by atoms with E-state index in [-0.39, 0.29) is 24.2 Å². The Morgan fingerprint density at radius 2 is 1.85 bits per heavy atom. The summed E-state index contributed by atoms with van der Waals surface area (Å²) in [5.41, 5.74) is 8.45. The second kappa shape index (κ2) is 9.99. The monoisotopic (exact) mass is 443 g/mol. The van der Waals surface area contributed by atoms with Crippen LogP contribution in [-0.2, 0) is 9.53 Å². The van der Waals surface area contributed by atoms with Gasteiger partial charge in [0.25, 0.3) is 0 Å². The number of benzene rings is 2. The molecule has 0 saturated carbocycles. The molecule has 0 saturated heterocycles. The Labute approximate surface area is 192 Å². The lowest BCUT2D eigenvalue weighted by atomic mass is 9.98. The lowest BCUT2D eigenvalue weighted by Gasteiger charge is -2.33. The van der Waals surface area contributed by atoms with Crippen molar-refractivity contribution in [1.82, 2.24) is 9.88 Å². The molecule has 3 aromatic rings. The van der Waals surface area contributed by atoms with Crippen LogP contribution in [0.3, 0.4) is 0 Å². The first-order chi connectivity index (χ1) is 16.1. The molecule has 4 rings (SSSR count). The SMILES string of the molecule is COc1ccc(C(CCC(N)=O)N2C=COC2c2ccc(C(=O)c3cccnc3)cc2)cc1. The molecule has 1 aromatic heterocycles. The zero-order valence-corrected chi connectivity index (χ0v) is 18.3. The third-order valence-electron chi connectivity index (χ3n) is 5.62. The summed E-state index contributed by atoms with van der Waals surface area (Å²) in [6, 6.07) is 18.4. The molecule has 2 N–H and O–H groups in total. The number of carbonyl (C=O) groups is 2. The third-order valence-corrected chi connectivity index (χ3v) is 5.62. The van der Waals surface area contributed by atoms with Crippen molar-refractivity contribution in [2.45, 2.75) is 25.1 Å². The van der Waals surface area contributed by atoms with Crippen LogP contribution in [0.5, 0.6) is 5.75 Å². The molecule has 168 valence electrons. The number of primary amides is 1. The molecule has 0 bridgehead atoms. The summed E-state index contributed by atoms with van der Waals surface area (Å²) < 4.78 is 11.2. The maximum absolute atomic E-state index is 12.7. The van der Waals surface area contributed by atoms with Crippen LogP contribution in [0.25, 0.3) is 0 Å². The van der Waals surface area contributed by atoms with Gasteiger partial charge in [0.1, 0.15) is 12.0 Å². The largest absolute Gasteiger partial charge is 0.497 e. The lowest BCUT2D eigenvalue weighted by molar-refractivity contribution is -0.118.